The molecule has 0 aliphatic rings. The van der Waals surface area contributed by atoms with Crippen molar-refractivity contribution >= 4 is 46.9 Å². The molecule has 0 fully saturated rings. The molecule has 1 heterocycles. The van der Waals surface area contributed by atoms with Gasteiger partial charge in [-0.3, -0.25) is 4.79 Å². The lowest BCUT2D eigenvalue weighted by Gasteiger charge is -2.13. The molecule has 3 aromatic rings. The summed E-state index contributed by atoms with van der Waals surface area (Å²) in [6.45, 7) is 5.87. The van der Waals surface area contributed by atoms with Crippen LogP contribution in [-0.2, 0) is 4.79 Å². The van der Waals surface area contributed by atoms with Gasteiger partial charge < -0.3 is 5.32 Å². The highest BCUT2D eigenvalue weighted by Gasteiger charge is 2.18. The van der Waals surface area contributed by atoms with E-state index >= 15 is 0 Å². The number of anilines is 1. The van der Waals surface area contributed by atoms with Crippen molar-refractivity contribution in [3.8, 4) is 5.69 Å². The van der Waals surface area contributed by atoms with E-state index in [0.29, 0.717) is 3.95 Å². The van der Waals surface area contributed by atoms with Gasteiger partial charge in [-0.15, -0.1) is 5.10 Å². The highest BCUT2D eigenvalue weighted by Crippen LogP contribution is 2.28. The smallest absolute Gasteiger partial charge is 0.237 e. The van der Waals surface area contributed by atoms with E-state index in [9.17, 15) is 4.79 Å². The third-order valence-corrected chi connectivity index (χ3v) is 6.24. The standard InChI is InChI=1S/C19H19N3OS3/c1-12-9-10-13(2)16(11-12)20-17(23)14(3)25-18-21-22(19(24)26-18)15-7-5-4-6-8-15/h4-11,14H,1-3H3,(H,20,23). The van der Waals surface area contributed by atoms with E-state index in [4.69, 9.17) is 12.2 Å². The number of aromatic nitrogens is 2. The Morgan fingerprint density at radius 1 is 1.23 bits per heavy atom. The summed E-state index contributed by atoms with van der Waals surface area (Å²) >= 11 is 8.25. The van der Waals surface area contributed by atoms with E-state index in [1.54, 1.807) is 4.68 Å². The molecule has 1 N–H and O–H groups in total. The van der Waals surface area contributed by atoms with Gasteiger partial charge in [-0.1, -0.05) is 53.4 Å². The van der Waals surface area contributed by atoms with Crippen molar-refractivity contribution in [1.29, 1.82) is 0 Å². The zero-order chi connectivity index (χ0) is 18.7. The van der Waals surface area contributed by atoms with E-state index in [2.05, 4.69) is 10.4 Å². The number of carbonyl (C=O) groups is 1. The molecule has 1 unspecified atom stereocenters. The first-order valence-electron chi connectivity index (χ1n) is 8.14. The Kier molecular flexibility index (Phi) is 5.90. The molecule has 0 aliphatic heterocycles. The van der Waals surface area contributed by atoms with Crippen LogP contribution < -0.4 is 5.32 Å². The number of carbonyl (C=O) groups excluding carboxylic acids is 1. The van der Waals surface area contributed by atoms with Gasteiger partial charge in [0.2, 0.25) is 5.91 Å². The van der Waals surface area contributed by atoms with Crippen molar-refractivity contribution in [3.63, 3.8) is 0 Å². The molecule has 3 rings (SSSR count). The van der Waals surface area contributed by atoms with Crippen LogP contribution in [-0.4, -0.2) is 20.9 Å². The summed E-state index contributed by atoms with van der Waals surface area (Å²) in [4.78, 5) is 12.6. The first-order chi connectivity index (χ1) is 12.4. The minimum Gasteiger partial charge on any atom is -0.325 e. The van der Waals surface area contributed by atoms with Crippen LogP contribution in [0.3, 0.4) is 0 Å². The van der Waals surface area contributed by atoms with Crippen molar-refractivity contribution in [2.45, 2.75) is 30.4 Å². The quantitative estimate of drug-likeness (QED) is 0.459. The number of benzene rings is 2. The molecule has 0 saturated carbocycles. The monoisotopic (exact) mass is 401 g/mol. The average Bonchev–Trinajstić information content (AvgIpc) is 2.99. The Balaban J connectivity index is 1.72. The fourth-order valence-corrected chi connectivity index (χ4v) is 4.86. The summed E-state index contributed by atoms with van der Waals surface area (Å²) in [6.07, 6.45) is 0. The van der Waals surface area contributed by atoms with Crippen LogP contribution >= 0.6 is 35.3 Å². The maximum Gasteiger partial charge on any atom is 0.237 e. The Bertz CT molecular complexity index is 979. The molecule has 0 bridgehead atoms. The minimum atomic E-state index is -0.278. The number of rotatable bonds is 5. The number of amides is 1. The van der Waals surface area contributed by atoms with Crippen molar-refractivity contribution in [3.05, 3.63) is 63.6 Å². The molecule has 1 atom stereocenters. The van der Waals surface area contributed by atoms with Crippen molar-refractivity contribution in [2.24, 2.45) is 0 Å². The van der Waals surface area contributed by atoms with Gasteiger partial charge in [0, 0.05) is 5.69 Å². The third kappa shape index (κ3) is 4.41. The number of aryl methyl sites for hydroxylation is 2. The van der Waals surface area contributed by atoms with Crippen molar-refractivity contribution in [2.75, 3.05) is 5.32 Å². The average molecular weight is 402 g/mol. The summed E-state index contributed by atoms with van der Waals surface area (Å²) in [5.74, 6) is -0.0453. The van der Waals surface area contributed by atoms with Gasteiger partial charge in [-0.05, 0) is 62.3 Å². The molecular weight excluding hydrogens is 382 g/mol. The fraction of sp³-hybridized carbons (Fsp3) is 0.211. The summed E-state index contributed by atoms with van der Waals surface area (Å²) in [6, 6.07) is 15.8. The normalized spacial score (nSPS) is 12.0. The molecular formula is C19H19N3OS3. The van der Waals surface area contributed by atoms with Gasteiger partial charge in [0.15, 0.2) is 8.29 Å². The Morgan fingerprint density at radius 2 is 1.96 bits per heavy atom. The maximum atomic E-state index is 12.6. The van der Waals surface area contributed by atoms with E-state index in [1.807, 2.05) is 69.3 Å². The molecule has 0 aliphatic carbocycles. The third-order valence-electron chi connectivity index (χ3n) is 3.83. The SMILES string of the molecule is Cc1ccc(C)c(NC(=O)C(C)Sc2nn(-c3ccccc3)c(=S)s2)c1. The van der Waals surface area contributed by atoms with Crippen LogP contribution in [0.15, 0.2) is 52.9 Å². The predicted molar refractivity (Wildman–Crippen MR) is 112 cm³/mol. The molecule has 134 valence electrons. The number of para-hydroxylation sites is 1. The predicted octanol–water partition coefficient (Wildman–Crippen LogP) is 5.40. The summed E-state index contributed by atoms with van der Waals surface area (Å²) < 4.78 is 3.18. The summed E-state index contributed by atoms with van der Waals surface area (Å²) in [7, 11) is 0. The zero-order valence-electron chi connectivity index (χ0n) is 14.7. The lowest BCUT2D eigenvalue weighted by Crippen LogP contribution is -2.22. The highest BCUT2D eigenvalue weighted by atomic mass is 32.2. The lowest BCUT2D eigenvalue weighted by molar-refractivity contribution is -0.115. The number of nitrogens with one attached hydrogen (secondary N) is 1. The van der Waals surface area contributed by atoms with Crippen LogP contribution in [0.2, 0.25) is 0 Å². The van der Waals surface area contributed by atoms with Crippen molar-refractivity contribution < 1.29 is 4.79 Å². The topological polar surface area (TPSA) is 46.9 Å². The summed E-state index contributed by atoms with van der Waals surface area (Å²) in [5.41, 5.74) is 3.94. The second-order valence-electron chi connectivity index (χ2n) is 5.95. The van der Waals surface area contributed by atoms with Crippen LogP contribution in [0.1, 0.15) is 18.1 Å². The molecule has 0 spiro atoms. The molecule has 0 radical (unpaired) electrons. The Morgan fingerprint density at radius 3 is 2.69 bits per heavy atom. The zero-order valence-corrected chi connectivity index (χ0v) is 17.2. The van der Waals surface area contributed by atoms with E-state index < -0.39 is 0 Å². The second-order valence-corrected chi connectivity index (χ2v) is 9.16. The molecule has 7 heteroatoms. The van der Waals surface area contributed by atoms with Crippen LogP contribution in [0.4, 0.5) is 5.69 Å². The maximum absolute atomic E-state index is 12.6. The van der Waals surface area contributed by atoms with Crippen LogP contribution in [0.5, 0.6) is 0 Å². The largest absolute Gasteiger partial charge is 0.325 e. The molecule has 0 saturated heterocycles. The molecule has 1 aromatic heterocycles. The molecule has 4 nitrogen and oxygen atoms in total. The minimum absolute atomic E-state index is 0.0453. The first-order valence-corrected chi connectivity index (χ1v) is 10.2. The Hall–Kier alpha value is -1.96. The second kappa shape index (κ2) is 8.16. The van der Waals surface area contributed by atoms with Gasteiger partial charge >= 0.3 is 0 Å². The van der Waals surface area contributed by atoms with Gasteiger partial charge in [0.1, 0.15) is 0 Å². The highest BCUT2D eigenvalue weighted by molar-refractivity contribution is 8.02. The molecule has 26 heavy (non-hydrogen) atoms. The van der Waals surface area contributed by atoms with Crippen LogP contribution in [0, 0.1) is 17.8 Å². The lowest BCUT2D eigenvalue weighted by atomic mass is 10.1. The number of nitrogens with zero attached hydrogens (tertiary/aromatic N) is 2. The van der Waals surface area contributed by atoms with E-state index in [0.717, 1.165) is 26.8 Å². The Labute approximate surface area is 166 Å². The summed E-state index contributed by atoms with van der Waals surface area (Å²) in [5, 5.41) is 7.29. The number of hydrogen-bond donors (Lipinski definition) is 1. The van der Waals surface area contributed by atoms with Gasteiger partial charge in [0.05, 0.1) is 10.9 Å². The number of hydrogen-bond acceptors (Lipinski definition) is 5. The van der Waals surface area contributed by atoms with Gasteiger partial charge in [-0.25, -0.2) is 4.68 Å². The van der Waals surface area contributed by atoms with E-state index in [1.165, 1.54) is 23.1 Å². The van der Waals surface area contributed by atoms with Gasteiger partial charge in [0.25, 0.3) is 0 Å². The first kappa shape index (κ1) is 18.8. The fourth-order valence-electron chi connectivity index (χ4n) is 2.35. The van der Waals surface area contributed by atoms with Crippen molar-refractivity contribution in [1.82, 2.24) is 9.78 Å². The number of thioether (sulfide) groups is 1. The molecule has 1 amide bonds. The van der Waals surface area contributed by atoms with Crippen LogP contribution in [0.25, 0.3) is 5.69 Å². The molecule has 2 aromatic carbocycles. The van der Waals surface area contributed by atoms with E-state index in [-0.39, 0.29) is 11.2 Å². The van der Waals surface area contributed by atoms with Gasteiger partial charge in [-0.2, -0.15) is 0 Å².